The molecule has 0 fully saturated rings. The summed E-state index contributed by atoms with van der Waals surface area (Å²) in [6.07, 6.45) is 1.65. The first-order valence-electron chi connectivity index (χ1n) is 7.06. The van der Waals surface area contributed by atoms with E-state index < -0.39 is 11.5 Å². The van der Waals surface area contributed by atoms with Crippen LogP contribution in [0, 0.1) is 0 Å². The second kappa shape index (κ2) is 6.35. The molecule has 0 aliphatic rings. The smallest absolute Gasteiger partial charge is 0.262 e. The van der Waals surface area contributed by atoms with Gasteiger partial charge in [-0.1, -0.05) is 28.9 Å². The lowest BCUT2D eigenvalue weighted by Gasteiger charge is -2.07. The fraction of sp³-hybridized carbons (Fsp3) is 0.0625. The number of rotatable bonds is 3. The minimum absolute atomic E-state index is 0.0940. The highest BCUT2D eigenvalue weighted by molar-refractivity contribution is 6.38. The molecule has 2 N–H and O–H groups in total. The Hall–Kier alpha value is -2.44. The SMILES string of the molecule is O=C(NCc1ccc(Cl)cc1)c1cc2c([SiH3])ccnc2[nH]c1=O. The molecule has 0 saturated carbocycles. The summed E-state index contributed by atoms with van der Waals surface area (Å²) >= 11 is 5.83. The second-order valence-corrected chi connectivity index (χ2v) is 6.73. The Kier molecular flexibility index (Phi) is 4.27. The van der Waals surface area contributed by atoms with Gasteiger partial charge in [0.2, 0.25) is 0 Å². The molecule has 7 heteroatoms. The quantitative estimate of drug-likeness (QED) is 0.680. The first-order chi connectivity index (χ1) is 11.0. The molecule has 0 saturated heterocycles. The summed E-state index contributed by atoms with van der Waals surface area (Å²) in [4.78, 5) is 31.2. The number of hydrogen-bond donors (Lipinski definition) is 2. The van der Waals surface area contributed by atoms with Gasteiger partial charge in [-0.3, -0.25) is 9.59 Å². The number of benzene rings is 1. The highest BCUT2D eigenvalue weighted by Crippen LogP contribution is 2.09. The van der Waals surface area contributed by atoms with Crippen LogP contribution < -0.4 is 16.1 Å². The monoisotopic (exact) mass is 343 g/mol. The molecular weight excluding hydrogens is 330 g/mol. The third-order valence-corrected chi connectivity index (χ3v) is 4.71. The van der Waals surface area contributed by atoms with E-state index in [0.717, 1.165) is 26.4 Å². The molecule has 2 aromatic heterocycles. The summed E-state index contributed by atoms with van der Waals surface area (Å²) in [6.45, 7) is 0.328. The summed E-state index contributed by atoms with van der Waals surface area (Å²) in [5.41, 5.74) is 1.07. The van der Waals surface area contributed by atoms with Crippen molar-refractivity contribution in [3.05, 3.63) is 69.1 Å². The van der Waals surface area contributed by atoms with Crippen LogP contribution in [0.1, 0.15) is 15.9 Å². The van der Waals surface area contributed by atoms with Crippen LogP contribution in [0.25, 0.3) is 11.0 Å². The van der Waals surface area contributed by atoms with Gasteiger partial charge in [0.1, 0.15) is 11.2 Å². The number of nitrogens with zero attached hydrogens (tertiary/aromatic N) is 1. The van der Waals surface area contributed by atoms with Crippen molar-refractivity contribution in [1.29, 1.82) is 0 Å². The summed E-state index contributed by atoms with van der Waals surface area (Å²) in [7, 11) is 0.804. The van der Waals surface area contributed by atoms with Gasteiger partial charge >= 0.3 is 0 Å². The van der Waals surface area contributed by atoms with Crippen LogP contribution in [0.2, 0.25) is 5.02 Å². The molecule has 23 heavy (non-hydrogen) atoms. The number of carbonyl (C=O) groups is 1. The van der Waals surface area contributed by atoms with Crippen molar-refractivity contribution >= 4 is 44.0 Å². The van der Waals surface area contributed by atoms with Crippen LogP contribution in [0.4, 0.5) is 0 Å². The van der Waals surface area contributed by atoms with E-state index >= 15 is 0 Å². The molecule has 0 atom stereocenters. The zero-order valence-electron chi connectivity index (χ0n) is 12.4. The molecule has 2 heterocycles. The fourth-order valence-electron chi connectivity index (χ4n) is 2.28. The summed E-state index contributed by atoms with van der Waals surface area (Å²) in [5.74, 6) is -0.409. The molecule has 5 nitrogen and oxygen atoms in total. The molecule has 0 bridgehead atoms. The Bertz CT molecular complexity index is 938. The van der Waals surface area contributed by atoms with Crippen molar-refractivity contribution in [2.45, 2.75) is 6.54 Å². The van der Waals surface area contributed by atoms with Crippen molar-refractivity contribution in [2.24, 2.45) is 0 Å². The minimum Gasteiger partial charge on any atom is -0.348 e. The van der Waals surface area contributed by atoms with Crippen molar-refractivity contribution in [2.75, 3.05) is 0 Å². The molecule has 0 aliphatic heterocycles. The number of aromatic amines is 1. The maximum Gasteiger partial charge on any atom is 0.262 e. The number of carbonyl (C=O) groups excluding carboxylic acids is 1. The lowest BCUT2D eigenvalue weighted by Crippen LogP contribution is -2.29. The molecule has 3 rings (SSSR count). The lowest BCUT2D eigenvalue weighted by molar-refractivity contribution is 0.0949. The molecule has 3 aromatic rings. The standard InChI is InChI=1S/C16H14ClN3O2Si/c17-10-3-1-9(2-4-10)8-19-15(21)12-7-11-13(23)5-6-18-14(11)20-16(12)22/h1-7H,8H2,23H3,(H,19,21)(H,18,20,22). The van der Waals surface area contributed by atoms with Crippen LogP contribution in [0.15, 0.2) is 47.4 Å². The van der Waals surface area contributed by atoms with Crippen molar-refractivity contribution in [3.8, 4) is 0 Å². The van der Waals surface area contributed by atoms with Gasteiger partial charge in [-0.05, 0) is 29.8 Å². The van der Waals surface area contributed by atoms with Crippen molar-refractivity contribution in [1.82, 2.24) is 15.3 Å². The second-order valence-electron chi connectivity index (χ2n) is 5.21. The predicted octanol–water partition coefficient (Wildman–Crippen LogP) is 0.497. The highest BCUT2D eigenvalue weighted by atomic mass is 35.5. The molecule has 116 valence electrons. The number of aromatic nitrogens is 2. The molecule has 1 amide bonds. The number of nitrogens with one attached hydrogen (secondary N) is 2. The molecule has 0 radical (unpaired) electrons. The number of fused-ring (bicyclic) bond motifs is 1. The van der Waals surface area contributed by atoms with E-state index in [1.165, 1.54) is 0 Å². The van der Waals surface area contributed by atoms with Gasteiger partial charge in [0, 0.05) is 33.4 Å². The molecule has 0 spiro atoms. The molecule has 0 unspecified atom stereocenters. The van der Waals surface area contributed by atoms with Gasteiger partial charge in [-0.2, -0.15) is 0 Å². The number of halogens is 1. The van der Waals surface area contributed by atoms with Gasteiger partial charge in [-0.25, -0.2) is 4.98 Å². The number of hydrogen-bond acceptors (Lipinski definition) is 3. The maximum absolute atomic E-state index is 12.3. The average molecular weight is 344 g/mol. The van der Waals surface area contributed by atoms with E-state index in [1.54, 1.807) is 24.4 Å². The Labute approximate surface area is 140 Å². The summed E-state index contributed by atoms with van der Waals surface area (Å²) in [6, 6.07) is 10.7. The highest BCUT2D eigenvalue weighted by Gasteiger charge is 2.12. The zero-order chi connectivity index (χ0) is 16.4. The summed E-state index contributed by atoms with van der Waals surface area (Å²) in [5, 5.41) is 5.28. The normalized spacial score (nSPS) is 10.8. The largest absolute Gasteiger partial charge is 0.348 e. The third kappa shape index (κ3) is 3.33. The van der Waals surface area contributed by atoms with Gasteiger partial charge in [0.15, 0.2) is 0 Å². The Morgan fingerprint density at radius 3 is 2.74 bits per heavy atom. The Balaban J connectivity index is 1.85. The van der Waals surface area contributed by atoms with E-state index in [4.69, 9.17) is 11.6 Å². The fourth-order valence-corrected chi connectivity index (χ4v) is 2.94. The van der Waals surface area contributed by atoms with Gasteiger partial charge in [0.05, 0.1) is 0 Å². The number of H-pyrrole nitrogens is 1. The number of amides is 1. The predicted molar refractivity (Wildman–Crippen MR) is 94.6 cm³/mol. The molecular formula is C16H14ClN3O2Si. The van der Waals surface area contributed by atoms with Crippen LogP contribution in [-0.4, -0.2) is 26.1 Å². The lowest BCUT2D eigenvalue weighted by atomic mass is 10.2. The Morgan fingerprint density at radius 2 is 2.00 bits per heavy atom. The van der Waals surface area contributed by atoms with Gasteiger partial charge in [0.25, 0.3) is 11.5 Å². The Morgan fingerprint density at radius 1 is 1.26 bits per heavy atom. The van der Waals surface area contributed by atoms with E-state index in [9.17, 15) is 9.59 Å². The van der Waals surface area contributed by atoms with Gasteiger partial charge in [-0.15, -0.1) is 0 Å². The number of pyridine rings is 2. The van der Waals surface area contributed by atoms with E-state index in [2.05, 4.69) is 15.3 Å². The molecule has 1 aromatic carbocycles. The molecule has 0 aliphatic carbocycles. The van der Waals surface area contributed by atoms with E-state index in [-0.39, 0.29) is 5.56 Å². The van der Waals surface area contributed by atoms with Crippen molar-refractivity contribution < 1.29 is 4.79 Å². The van der Waals surface area contributed by atoms with Crippen LogP contribution >= 0.6 is 11.6 Å². The first kappa shape index (κ1) is 15.5. The first-order valence-corrected chi connectivity index (χ1v) is 8.43. The van der Waals surface area contributed by atoms with Crippen LogP contribution in [0.5, 0.6) is 0 Å². The van der Waals surface area contributed by atoms with Gasteiger partial charge < -0.3 is 10.3 Å². The van der Waals surface area contributed by atoms with Crippen molar-refractivity contribution in [3.63, 3.8) is 0 Å². The topological polar surface area (TPSA) is 74.8 Å². The third-order valence-electron chi connectivity index (χ3n) is 3.58. The minimum atomic E-state index is -0.439. The zero-order valence-corrected chi connectivity index (χ0v) is 15.1. The van der Waals surface area contributed by atoms with E-state index in [1.807, 2.05) is 18.2 Å². The van der Waals surface area contributed by atoms with Crippen LogP contribution in [-0.2, 0) is 6.54 Å². The van der Waals surface area contributed by atoms with E-state index in [0.29, 0.717) is 17.2 Å². The van der Waals surface area contributed by atoms with Crippen LogP contribution in [0.3, 0.4) is 0 Å². The average Bonchev–Trinajstić information content (AvgIpc) is 2.54. The summed E-state index contributed by atoms with van der Waals surface area (Å²) < 4.78 is 0. The maximum atomic E-state index is 12.3.